The van der Waals surface area contributed by atoms with Gasteiger partial charge in [0.15, 0.2) is 0 Å². The summed E-state index contributed by atoms with van der Waals surface area (Å²) in [6, 6.07) is 0. The minimum absolute atomic E-state index is 0.104. The fourth-order valence-corrected chi connectivity index (χ4v) is 6.92. The minimum atomic E-state index is -0.337. The van der Waals surface area contributed by atoms with Gasteiger partial charge in [-0.2, -0.15) is 0 Å². The molecule has 0 amide bonds. The van der Waals surface area contributed by atoms with Gasteiger partial charge in [0.2, 0.25) is 0 Å². The van der Waals surface area contributed by atoms with Crippen LogP contribution in [-0.2, 0) is 14.4 Å². The second-order valence-corrected chi connectivity index (χ2v) is 9.04. The van der Waals surface area contributed by atoms with Gasteiger partial charge in [0.1, 0.15) is 18.7 Å². The van der Waals surface area contributed by atoms with E-state index in [-0.39, 0.29) is 28.6 Å². The van der Waals surface area contributed by atoms with E-state index in [2.05, 4.69) is 19.0 Å². The van der Waals surface area contributed by atoms with Gasteiger partial charge >= 0.3 is 0 Å². The minimum Gasteiger partial charge on any atom is -0.399 e. The summed E-state index contributed by atoms with van der Waals surface area (Å²) in [5.74, 6) is 1.91. The largest absolute Gasteiger partial charge is 0.399 e. The SMILES string of the molecule is CON=C1CC(=O)[C@@]2(C)CC[C@H]3[C@@H](CC(=O)[C@H]4CCCC[C@@]43C)[C@H]12. The van der Waals surface area contributed by atoms with E-state index < -0.39 is 0 Å². The highest BCUT2D eigenvalue weighted by atomic mass is 16.6. The van der Waals surface area contributed by atoms with Crippen LogP contribution in [0.5, 0.6) is 0 Å². The van der Waals surface area contributed by atoms with E-state index in [1.165, 1.54) is 19.3 Å². The Morgan fingerprint density at radius 2 is 1.92 bits per heavy atom. The molecule has 0 N–H and O–H groups in total. The number of ketones is 2. The molecule has 0 aromatic rings. The first-order chi connectivity index (χ1) is 11.4. The van der Waals surface area contributed by atoms with Gasteiger partial charge in [0.25, 0.3) is 0 Å². The van der Waals surface area contributed by atoms with Crippen molar-refractivity contribution in [3.63, 3.8) is 0 Å². The molecule has 4 rings (SSSR count). The smallest absolute Gasteiger partial charge is 0.145 e. The van der Waals surface area contributed by atoms with Gasteiger partial charge in [-0.3, -0.25) is 9.59 Å². The van der Waals surface area contributed by atoms with Gasteiger partial charge in [-0.05, 0) is 42.9 Å². The van der Waals surface area contributed by atoms with Crippen molar-refractivity contribution in [3.05, 3.63) is 0 Å². The number of carbonyl (C=O) groups is 2. The summed E-state index contributed by atoms with van der Waals surface area (Å²) in [7, 11) is 1.55. The molecule has 0 unspecified atom stereocenters. The maximum absolute atomic E-state index is 13.0. The summed E-state index contributed by atoms with van der Waals surface area (Å²) in [5.41, 5.74) is 0.686. The van der Waals surface area contributed by atoms with Gasteiger partial charge in [-0.25, -0.2) is 0 Å². The van der Waals surface area contributed by atoms with E-state index in [9.17, 15) is 9.59 Å². The fourth-order valence-electron chi connectivity index (χ4n) is 6.92. The summed E-state index contributed by atoms with van der Waals surface area (Å²) in [5, 5.41) is 4.23. The molecule has 132 valence electrons. The molecule has 0 bridgehead atoms. The molecular weight excluding hydrogens is 302 g/mol. The summed E-state index contributed by atoms with van der Waals surface area (Å²) in [6.45, 7) is 4.46. The highest BCUT2D eigenvalue weighted by Gasteiger charge is 2.63. The molecule has 4 fully saturated rings. The second-order valence-electron chi connectivity index (χ2n) is 9.04. The van der Waals surface area contributed by atoms with Crippen molar-refractivity contribution in [1.82, 2.24) is 0 Å². The number of oxime groups is 1. The molecular formula is C20H29NO3. The van der Waals surface area contributed by atoms with Crippen LogP contribution in [0.25, 0.3) is 0 Å². The second kappa shape index (κ2) is 5.40. The van der Waals surface area contributed by atoms with Crippen molar-refractivity contribution in [2.75, 3.05) is 7.11 Å². The van der Waals surface area contributed by atoms with E-state index in [0.29, 0.717) is 30.3 Å². The maximum Gasteiger partial charge on any atom is 0.145 e. The molecule has 4 aliphatic carbocycles. The van der Waals surface area contributed by atoms with Crippen LogP contribution >= 0.6 is 0 Å². The molecule has 0 aliphatic heterocycles. The number of hydrogen-bond donors (Lipinski definition) is 0. The lowest BCUT2D eigenvalue weighted by Crippen LogP contribution is -2.56. The Bertz CT molecular complexity index is 612. The maximum atomic E-state index is 13.0. The zero-order valence-electron chi connectivity index (χ0n) is 15.1. The van der Waals surface area contributed by atoms with Crippen LogP contribution in [-0.4, -0.2) is 24.4 Å². The Balaban J connectivity index is 1.76. The van der Waals surface area contributed by atoms with Gasteiger partial charge in [0.05, 0.1) is 5.71 Å². The zero-order chi connectivity index (χ0) is 17.1. The number of carbonyl (C=O) groups excluding carboxylic acids is 2. The normalized spacial score (nSPS) is 49.5. The van der Waals surface area contributed by atoms with Crippen LogP contribution in [0.3, 0.4) is 0 Å². The van der Waals surface area contributed by atoms with Crippen molar-refractivity contribution in [3.8, 4) is 0 Å². The highest BCUT2D eigenvalue weighted by molar-refractivity contribution is 6.13. The molecule has 0 saturated heterocycles. The number of rotatable bonds is 1. The number of nitrogens with zero attached hydrogens (tertiary/aromatic N) is 1. The average Bonchev–Trinajstić information content (AvgIpc) is 2.79. The molecule has 24 heavy (non-hydrogen) atoms. The van der Waals surface area contributed by atoms with E-state index in [4.69, 9.17) is 4.84 Å². The summed E-state index contributed by atoms with van der Waals surface area (Å²) in [6.07, 6.45) is 7.74. The summed E-state index contributed by atoms with van der Waals surface area (Å²) >= 11 is 0. The molecule has 0 radical (unpaired) electrons. The molecule has 4 nitrogen and oxygen atoms in total. The van der Waals surface area contributed by atoms with Crippen molar-refractivity contribution in [1.29, 1.82) is 0 Å². The van der Waals surface area contributed by atoms with Crippen molar-refractivity contribution >= 4 is 17.3 Å². The lowest BCUT2D eigenvalue weighted by Gasteiger charge is -2.58. The highest BCUT2D eigenvalue weighted by Crippen LogP contribution is 2.64. The van der Waals surface area contributed by atoms with E-state index in [1.807, 2.05) is 0 Å². The van der Waals surface area contributed by atoms with Crippen molar-refractivity contribution < 1.29 is 14.4 Å². The predicted molar refractivity (Wildman–Crippen MR) is 91.6 cm³/mol. The monoisotopic (exact) mass is 331 g/mol. The molecule has 0 spiro atoms. The van der Waals surface area contributed by atoms with Crippen LogP contribution in [0.2, 0.25) is 0 Å². The molecule has 4 heteroatoms. The van der Waals surface area contributed by atoms with Crippen molar-refractivity contribution in [2.45, 2.75) is 65.2 Å². The van der Waals surface area contributed by atoms with Gasteiger partial charge < -0.3 is 4.84 Å². The van der Waals surface area contributed by atoms with Gasteiger partial charge in [-0.15, -0.1) is 0 Å². The predicted octanol–water partition coefficient (Wildman–Crippen LogP) is 3.78. The Labute approximate surface area is 144 Å². The van der Waals surface area contributed by atoms with Crippen LogP contribution in [0, 0.1) is 34.5 Å². The van der Waals surface area contributed by atoms with Gasteiger partial charge in [-0.1, -0.05) is 31.8 Å². The molecule has 0 aromatic heterocycles. The van der Waals surface area contributed by atoms with E-state index in [0.717, 1.165) is 25.0 Å². The Morgan fingerprint density at radius 1 is 1.12 bits per heavy atom. The fraction of sp³-hybridized carbons (Fsp3) is 0.850. The van der Waals surface area contributed by atoms with Crippen LogP contribution in [0.4, 0.5) is 0 Å². The Morgan fingerprint density at radius 3 is 2.67 bits per heavy atom. The quantitative estimate of drug-likeness (QED) is 0.687. The Kier molecular flexibility index (Phi) is 3.67. The van der Waals surface area contributed by atoms with Crippen LogP contribution < -0.4 is 0 Å². The third kappa shape index (κ3) is 2.01. The molecule has 4 aliphatic rings. The van der Waals surface area contributed by atoms with E-state index >= 15 is 0 Å². The number of Topliss-reactive ketones (excluding diaryl/α,β-unsaturated/α-hetero) is 2. The van der Waals surface area contributed by atoms with Crippen molar-refractivity contribution in [2.24, 2.45) is 39.7 Å². The first-order valence-corrected chi connectivity index (χ1v) is 9.58. The topological polar surface area (TPSA) is 55.7 Å². The third-order valence-corrected chi connectivity index (χ3v) is 8.08. The lowest BCUT2D eigenvalue weighted by atomic mass is 9.45. The molecule has 0 aromatic carbocycles. The summed E-state index contributed by atoms with van der Waals surface area (Å²) < 4.78 is 0. The lowest BCUT2D eigenvalue weighted by molar-refractivity contribution is -0.153. The zero-order valence-corrected chi connectivity index (χ0v) is 15.1. The first kappa shape index (κ1) is 16.3. The molecule has 4 saturated carbocycles. The van der Waals surface area contributed by atoms with E-state index in [1.54, 1.807) is 7.11 Å². The van der Waals surface area contributed by atoms with Crippen LogP contribution in [0.1, 0.15) is 65.2 Å². The van der Waals surface area contributed by atoms with Crippen LogP contribution in [0.15, 0.2) is 5.16 Å². The number of fused-ring (bicyclic) bond motifs is 5. The standard InChI is InChI=1S/C20H29NO3/c1-19-8-5-4-6-14(19)16(22)10-12-13(19)7-9-20(2)17(23)11-15(18(12)20)21-24-3/h12-14,18H,4-11H2,1-3H3/t12-,13+,14-,18-,19-,20-/m1/s1. The summed E-state index contributed by atoms with van der Waals surface area (Å²) in [4.78, 5) is 30.7. The molecule has 6 atom stereocenters. The third-order valence-electron chi connectivity index (χ3n) is 8.08. The average molecular weight is 331 g/mol. The Hall–Kier alpha value is -1.19. The first-order valence-electron chi connectivity index (χ1n) is 9.58. The van der Waals surface area contributed by atoms with Gasteiger partial charge in [0, 0.05) is 30.1 Å². The number of hydrogen-bond acceptors (Lipinski definition) is 4. The molecule has 0 heterocycles.